The molecule has 2 aliphatic heterocycles. The first kappa shape index (κ1) is 29.0. The Hall–Kier alpha value is -4.02. The molecule has 2 fully saturated rings. The number of hydrogen-bond acceptors (Lipinski definition) is 5. The number of likely N-dealkylation sites (tertiary alicyclic amines) is 2. The minimum absolute atomic E-state index is 0.0456. The SMILES string of the molecule is COc1cccc(CNC(=O)C2CCN(C(=O)[C@@H]3CCCN3C(=O)/C=C/c3ccc(OC(F)(F)F)cc3)CC2)c1. The van der Waals surface area contributed by atoms with Gasteiger partial charge in [-0.3, -0.25) is 14.4 Å². The van der Waals surface area contributed by atoms with Crippen LogP contribution in [0, 0.1) is 5.92 Å². The van der Waals surface area contributed by atoms with Crippen LogP contribution in [0.2, 0.25) is 0 Å². The van der Waals surface area contributed by atoms with E-state index in [2.05, 4.69) is 10.1 Å². The van der Waals surface area contributed by atoms with E-state index < -0.39 is 12.4 Å². The monoisotopic (exact) mass is 559 g/mol. The first-order valence-electron chi connectivity index (χ1n) is 13.2. The Kier molecular flexibility index (Phi) is 9.34. The normalized spacial score (nSPS) is 18.1. The third-order valence-electron chi connectivity index (χ3n) is 7.13. The Morgan fingerprint density at radius 3 is 2.40 bits per heavy atom. The number of alkyl halides is 3. The molecule has 8 nitrogen and oxygen atoms in total. The number of benzene rings is 2. The van der Waals surface area contributed by atoms with Crippen LogP contribution in [0.25, 0.3) is 6.08 Å². The zero-order chi connectivity index (χ0) is 28.7. The first-order valence-corrected chi connectivity index (χ1v) is 13.2. The standard InChI is InChI=1S/C29H32F3N3O5/c1-39-24-5-2-4-21(18-24)19-33-27(37)22-13-16-34(17-14-22)28(38)25-6-3-15-35(25)26(36)12-9-20-7-10-23(11-8-20)40-29(30,31)32/h2,4-5,7-12,18,22,25H,3,6,13-17,19H2,1H3,(H,33,37)/b12-9+/t25-/m0/s1. The lowest BCUT2D eigenvalue weighted by atomic mass is 9.95. The van der Waals surface area contributed by atoms with Gasteiger partial charge in [-0.2, -0.15) is 0 Å². The summed E-state index contributed by atoms with van der Waals surface area (Å²) in [5.41, 5.74) is 1.46. The molecule has 3 amide bonds. The van der Waals surface area contributed by atoms with Crippen molar-refractivity contribution >= 4 is 23.8 Å². The van der Waals surface area contributed by atoms with Crippen molar-refractivity contribution in [3.8, 4) is 11.5 Å². The lowest BCUT2D eigenvalue weighted by Crippen LogP contribution is -2.50. The molecule has 0 aliphatic carbocycles. The number of carbonyl (C=O) groups excluding carboxylic acids is 3. The van der Waals surface area contributed by atoms with Crippen molar-refractivity contribution in [1.29, 1.82) is 0 Å². The number of amides is 3. The van der Waals surface area contributed by atoms with E-state index in [1.807, 2.05) is 24.3 Å². The summed E-state index contributed by atoms with van der Waals surface area (Å²) in [6.45, 7) is 1.72. The summed E-state index contributed by atoms with van der Waals surface area (Å²) in [6, 6.07) is 12.1. The zero-order valence-corrected chi connectivity index (χ0v) is 22.2. The second-order valence-electron chi connectivity index (χ2n) is 9.81. The van der Waals surface area contributed by atoms with Crippen molar-refractivity contribution in [2.24, 2.45) is 5.92 Å². The van der Waals surface area contributed by atoms with Gasteiger partial charge in [0.15, 0.2) is 0 Å². The predicted molar refractivity (Wildman–Crippen MR) is 141 cm³/mol. The van der Waals surface area contributed by atoms with Gasteiger partial charge in [0.2, 0.25) is 17.7 Å². The van der Waals surface area contributed by atoms with Gasteiger partial charge < -0.3 is 24.6 Å². The van der Waals surface area contributed by atoms with Gasteiger partial charge in [-0.25, -0.2) is 0 Å². The predicted octanol–water partition coefficient (Wildman–Crippen LogP) is 4.15. The summed E-state index contributed by atoms with van der Waals surface area (Å²) in [5, 5.41) is 2.97. The molecule has 0 bridgehead atoms. The third-order valence-corrected chi connectivity index (χ3v) is 7.13. The van der Waals surface area contributed by atoms with E-state index in [9.17, 15) is 27.6 Å². The van der Waals surface area contributed by atoms with Crippen LogP contribution in [0.5, 0.6) is 11.5 Å². The molecule has 2 aliphatic rings. The van der Waals surface area contributed by atoms with Crippen LogP contribution in [0.3, 0.4) is 0 Å². The summed E-state index contributed by atoms with van der Waals surface area (Å²) >= 11 is 0. The maximum absolute atomic E-state index is 13.3. The molecule has 1 N–H and O–H groups in total. The summed E-state index contributed by atoms with van der Waals surface area (Å²) < 4.78 is 46.1. The second-order valence-corrected chi connectivity index (χ2v) is 9.81. The van der Waals surface area contributed by atoms with E-state index in [4.69, 9.17) is 4.74 Å². The molecular formula is C29H32F3N3O5. The number of nitrogens with one attached hydrogen (secondary N) is 1. The highest BCUT2D eigenvalue weighted by Gasteiger charge is 2.37. The van der Waals surface area contributed by atoms with Crippen LogP contribution < -0.4 is 14.8 Å². The Morgan fingerprint density at radius 1 is 1.00 bits per heavy atom. The number of halogens is 3. The van der Waals surface area contributed by atoms with Crippen LogP contribution >= 0.6 is 0 Å². The molecule has 1 atom stereocenters. The maximum Gasteiger partial charge on any atom is 0.573 e. The summed E-state index contributed by atoms with van der Waals surface area (Å²) in [7, 11) is 1.59. The van der Waals surface area contributed by atoms with E-state index in [0.29, 0.717) is 57.4 Å². The van der Waals surface area contributed by atoms with Gasteiger partial charge in [-0.1, -0.05) is 24.3 Å². The van der Waals surface area contributed by atoms with Gasteiger partial charge in [0.25, 0.3) is 0 Å². The van der Waals surface area contributed by atoms with Gasteiger partial charge in [0, 0.05) is 38.2 Å². The third kappa shape index (κ3) is 7.77. The van der Waals surface area contributed by atoms with Crippen LogP contribution in [-0.2, 0) is 20.9 Å². The number of piperidine rings is 1. The number of nitrogens with zero attached hydrogens (tertiary/aromatic N) is 2. The highest BCUT2D eigenvalue weighted by atomic mass is 19.4. The Morgan fingerprint density at radius 2 is 1.73 bits per heavy atom. The molecule has 11 heteroatoms. The van der Waals surface area contributed by atoms with E-state index in [0.717, 1.165) is 11.3 Å². The largest absolute Gasteiger partial charge is 0.573 e. The van der Waals surface area contributed by atoms with Crippen molar-refractivity contribution < 1.29 is 37.0 Å². The molecule has 2 heterocycles. The van der Waals surface area contributed by atoms with Crippen molar-refractivity contribution in [3.63, 3.8) is 0 Å². The highest BCUT2D eigenvalue weighted by molar-refractivity contribution is 5.96. The number of methoxy groups -OCH3 is 1. The smallest absolute Gasteiger partial charge is 0.497 e. The van der Waals surface area contributed by atoms with Crippen molar-refractivity contribution in [2.45, 2.75) is 44.6 Å². The zero-order valence-electron chi connectivity index (χ0n) is 22.2. The summed E-state index contributed by atoms with van der Waals surface area (Å²) in [6.07, 6.45) is 0.392. The minimum atomic E-state index is -4.77. The van der Waals surface area contributed by atoms with Gasteiger partial charge >= 0.3 is 6.36 Å². The Labute approximate surface area is 230 Å². The minimum Gasteiger partial charge on any atom is -0.497 e. The van der Waals surface area contributed by atoms with Crippen molar-refractivity contribution in [2.75, 3.05) is 26.7 Å². The van der Waals surface area contributed by atoms with E-state index in [1.165, 1.54) is 41.3 Å². The molecule has 0 aromatic heterocycles. The molecule has 0 unspecified atom stereocenters. The van der Waals surface area contributed by atoms with Gasteiger partial charge in [0.05, 0.1) is 7.11 Å². The Bertz CT molecular complexity index is 1220. The van der Waals surface area contributed by atoms with Gasteiger partial charge in [-0.05, 0) is 67.2 Å². The fourth-order valence-electron chi connectivity index (χ4n) is 5.02. The molecule has 40 heavy (non-hydrogen) atoms. The average Bonchev–Trinajstić information content (AvgIpc) is 3.44. The quantitative estimate of drug-likeness (QED) is 0.491. The fraction of sp³-hybridized carbons (Fsp3) is 0.414. The highest BCUT2D eigenvalue weighted by Crippen LogP contribution is 2.25. The number of rotatable bonds is 8. The molecule has 0 saturated carbocycles. The number of carbonyl (C=O) groups is 3. The van der Waals surface area contributed by atoms with Gasteiger partial charge in [0.1, 0.15) is 17.5 Å². The number of hydrogen-bond donors (Lipinski definition) is 1. The number of ether oxygens (including phenoxy) is 2. The van der Waals surface area contributed by atoms with Crippen molar-refractivity contribution in [3.05, 3.63) is 65.7 Å². The average molecular weight is 560 g/mol. The maximum atomic E-state index is 13.3. The second kappa shape index (κ2) is 12.9. The first-order chi connectivity index (χ1) is 19.1. The van der Waals surface area contributed by atoms with Gasteiger partial charge in [-0.15, -0.1) is 13.2 Å². The molecule has 0 radical (unpaired) electrons. The van der Waals surface area contributed by atoms with Crippen LogP contribution in [0.4, 0.5) is 13.2 Å². The molecule has 214 valence electrons. The molecule has 2 aromatic carbocycles. The summed E-state index contributed by atoms with van der Waals surface area (Å²) in [5.74, 6) is -0.314. The lowest BCUT2D eigenvalue weighted by molar-refractivity contribution is -0.274. The van der Waals surface area contributed by atoms with E-state index in [-0.39, 0.29) is 29.4 Å². The molecule has 0 spiro atoms. The van der Waals surface area contributed by atoms with Crippen molar-refractivity contribution in [1.82, 2.24) is 15.1 Å². The topological polar surface area (TPSA) is 88.2 Å². The van der Waals surface area contributed by atoms with E-state index >= 15 is 0 Å². The molecule has 4 rings (SSSR count). The summed E-state index contributed by atoms with van der Waals surface area (Å²) in [4.78, 5) is 42.1. The Balaban J connectivity index is 1.26. The van der Waals surface area contributed by atoms with Crippen LogP contribution in [0.1, 0.15) is 36.8 Å². The molecular weight excluding hydrogens is 527 g/mol. The lowest BCUT2D eigenvalue weighted by Gasteiger charge is -2.35. The van der Waals surface area contributed by atoms with Crippen LogP contribution in [-0.4, -0.2) is 66.7 Å². The van der Waals surface area contributed by atoms with E-state index in [1.54, 1.807) is 12.0 Å². The molecule has 2 saturated heterocycles. The fourth-order valence-corrected chi connectivity index (χ4v) is 5.02. The van der Waals surface area contributed by atoms with Crippen LogP contribution in [0.15, 0.2) is 54.6 Å². The molecule has 2 aromatic rings.